The Kier molecular flexibility index (Phi) is 4.56. The van der Waals surface area contributed by atoms with E-state index in [0.29, 0.717) is 11.7 Å². The molecule has 0 bridgehead atoms. The Morgan fingerprint density at radius 3 is 2.55 bits per heavy atom. The van der Waals surface area contributed by atoms with E-state index in [4.69, 9.17) is 15.5 Å². The van der Waals surface area contributed by atoms with Crippen molar-refractivity contribution in [2.75, 3.05) is 12.3 Å². The average Bonchev–Trinajstić information content (AvgIpc) is 2.98. The van der Waals surface area contributed by atoms with Gasteiger partial charge in [0.25, 0.3) is 0 Å². The van der Waals surface area contributed by atoms with Crippen LogP contribution in [0, 0.1) is 0 Å². The number of nitrogens with two attached hydrogens (primary N) is 1. The summed E-state index contributed by atoms with van der Waals surface area (Å²) in [5, 5.41) is 0. The standard InChI is InChI=1S/C15H22BrN3O/c16-13-14(10-5-1-2-6-10)18-12(19-15(13)17)9-11-7-3-4-8-20-11/h10-11H,1-9H2,(H2,17,18,19). The molecule has 20 heavy (non-hydrogen) atoms. The van der Waals surface area contributed by atoms with E-state index >= 15 is 0 Å². The highest BCUT2D eigenvalue weighted by Gasteiger charge is 2.24. The second-order valence-corrected chi connectivity index (χ2v) is 6.69. The summed E-state index contributed by atoms with van der Waals surface area (Å²) in [6.07, 6.45) is 9.60. The first-order valence-electron chi connectivity index (χ1n) is 7.67. The predicted octanol–water partition coefficient (Wildman–Crippen LogP) is 3.59. The van der Waals surface area contributed by atoms with Crippen LogP contribution in [0.1, 0.15) is 62.4 Å². The number of rotatable bonds is 3. The molecular weight excluding hydrogens is 318 g/mol. The first-order chi connectivity index (χ1) is 9.74. The molecule has 0 amide bonds. The Balaban J connectivity index is 1.80. The van der Waals surface area contributed by atoms with E-state index in [2.05, 4.69) is 20.9 Å². The van der Waals surface area contributed by atoms with Gasteiger partial charge in [0.15, 0.2) is 0 Å². The van der Waals surface area contributed by atoms with Crippen LogP contribution in [0.2, 0.25) is 0 Å². The molecule has 2 N–H and O–H groups in total. The molecule has 0 radical (unpaired) electrons. The summed E-state index contributed by atoms with van der Waals surface area (Å²) in [5.74, 6) is 1.97. The van der Waals surface area contributed by atoms with Crippen molar-refractivity contribution in [2.24, 2.45) is 0 Å². The van der Waals surface area contributed by atoms with Gasteiger partial charge in [-0.1, -0.05) is 12.8 Å². The fraction of sp³-hybridized carbons (Fsp3) is 0.733. The van der Waals surface area contributed by atoms with E-state index in [1.807, 2.05) is 0 Å². The maximum atomic E-state index is 6.06. The molecule has 1 aromatic heterocycles. The van der Waals surface area contributed by atoms with Gasteiger partial charge in [0.05, 0.1) is 16.3 Å². The molecule has 1 saturated carbocycles. The summed E-state index contributed by atoms with van der Waals surface area (Å²) >= 11 is 3.57. The van der Waals surface area contributed by atoms with Gasteiger partial charge in [-0.2, -0.15) is 0 Å². The van der Waals surface area contributed by atoms with Crippen LogP contribution in [0.15, 0.2) is 4.47 Å². The average molecular weight is 340 g/mol. The van der Waals surface area contributed by atoms with E-state index in [9.17, 15) is 0 Å². The van der Waals surface area contributed by atoms with Gasteiger partial charge in [0.2, 0.25) is 0 Å². The largest absolute Gasteiger partial charge is 0.383 e. The van der Waals surface area contributed by atoms with Gasteiger partial charge in [-0.3, -0.25) is 0 Å². The number of nitrogen functional groups attached to an aromatic ring is 1. The van der Waals surface area contributed by atoms with Crippen LogP contribution >= 0.6 is 15.9 Å². The molecule has 0 spiro atoms. The quantitative estimate of drug-likeness (QED) is 0.913. The molecule has 0 aromatic carbocycles. The normalized spacial score (nSPS) is 24.1. The summed E-state index contributed by atoms with van der Waals surface area (Å²) in [6, 6.07) is 0. The predicted molar refractivity (Wildman–Crippen MR) is 82.6 cm³/mol. The van der Waals surface area contributed by atoms with Gasteiger partial charge in [-0.25, -0.2) is 9.97 Å². The van der Waals surface area contributed by atoms with Crippen LogP contribution in [0.4, 0.5) is 5.82 Å². The third-order valence-electron chi connectivity index (χ3n) is 4.37. The minimum atomic E-state index is 0.265. The van der Waals surface area contributed by atoms with Gasteiger partial charge in [-0.15, -0.1) is 0 Å². The van der Waals surface area contributed by atoms with Crippen molar-refractivity contribution >= 4 is 21.7 Å². The number of aromatic nitrogens is 2. The number of anilines is 1. The lowest BCUT2D eigenvalue weighted by Gasteiger charge is -2.22. The minimum absolute atomic E-state index is 0.265. The Bertz CT molecular complexity index is 468. The van der Waals surface area contributed by atoms with Crippen LogP contribution in [0.3, 0.4) is 0 Å². The van der Waals surface area contributed by atoms with E-state index in [0.717, 1.165) is 35.4 Å². The zero-order chi connectivity index (χ0) is 13.9. The van der Waals surface area contributed by atoms with E-state index < -0.39 is 0 Å². The Hall–Kier alpha value is -0.680. The highest BCUT2D eigenvalue weighted by Crippen LogP contribution is 2.38. The molecule has 1 aliphatic heterocycles. The molecule has 5 heteroatoms. The van der Waals surface area contributed by atoms with Crippen molar-refractivity contribution in [3.05, 3.63) is 16.0 Å². The van der Waals surface area contributed by atoms with Gasteiger partial charge >= 0.3 is 0 Å². The second-order valence-electron chi connectivity index (χ2n) is 5.90. The van der Waals surface area contributed by atoms with Crippen molar-refractivity contribution in [1.82, 2.24) is 9.97 Å². The zero-order valence-electron chi connectivity index (χ0n) is 11.8. The van der Waals surface area contributed by atoms with Crippen molar-refractivity contribution in [1.29, 1.82) is 0 Å². The van der Waals surface area contributed by atoms with Gasteiger partial charge in [-0.05, 0) is 48.0 Å². The summed E-state index contributed by atoms with van der Waals surface area (Å²) in [6.45, 7) is 0.867. The van der Waals surface area contributed by atoms with Gasteiger partial charge in [0.1, 0.15) is 11.6 Å². The Morgan fingerprint density at radius 1 is 1.10 bits per heavy atom. The highest BCUT2D eigenvalue weighted by atomic mass is 79.9. The molecule has 2 fully saturated rings. The molecule has 1 saturated heterocycles. The third-order valence-corrected chi connectivity index (χ3v) is 5.19. The van der Waals surface area contributed by atoms with Crippen LogP contribution in [-0.2, 0) is 11.2 Å². The Labute approximate surface area is 128 Å². The van der Waals surface area contributed by atoms with E-state index in [-0.39, 0.29) is 6.10 Å². The van der Waals surface area contributed by atoms with Gasteiger partial charge in [0, 0.05) is 18.9 Å². The summed E-state index contributed by atoms with van der Waals surface area (Å²) in [4.78, 5) is 9.23. The lowest BCUT2D eigenvalue weighted by molar-refractivity contribution is 0.0156. The summed E-state index contributed by atoms with van der Waals surface area (Å²) in [5.41, 5.74) is 7.17. The monoisotopic (exact) mass is 339 g/mol. The molecule has 1 unspecified atom stereocenters. The number of nitrogens with zero attached hydrogens (tertiary/aromatic N) is 2. The number of halogens is 1. The fourth-order valence-corrected chi connectivity index (χ4v) is 3.77. The first-order valence-corrected chi connectivity index (χ1v) is 8.46. The van der Waals surface area contributed by atoms with Gasteiger partial charge < -0.3 is 10.5 Å². The van der Waals surface area contributed by atoms with E-state index in [1.165, 1.54) is 38.5 Å². The molecule has 3 rings (SSSR count). The van der Waals surface area contributed by atoms with Crippen molar-refractivity contribution in [3.63, 3.8) is 0 Å². The number of hydrogen-bond acceptors (Lipinski definition) is 4. The molecule has 2 heterocycles. The number of hydrogen-bond donors (Lipinski definition) is 1. The second kappa shape index (κ2) is 6.39. The molecule has 2 aliphatic rings. The summed E-state index contributed by atoms with van der Waals surface area (Å²) in [7, 11) is 0. The fourth-order valence-electron chi connectivity index (χ4n) is 3.27. The summed E-state index contributed by atoms with van der Waals surface area (Å²) < 4.78 is 6.69. The molecule has 1 aromatic rings. The van der Waals surface area contributed by atoms with Crippen molar-refractivity contribution in [3.8, 4) is 0 Å². The number of ether oxygens (including phenoxy) is 1. The van der Waals surface area contributed by atoms with Crippen LogP contribution in [0.5, 0.6) is 0 Å². The van der Waals surface area contributed by atoms with Crippen LogP contribution in [-0.4, -0.2) is 22.7 Å². The lowest BCUT2D eigenvalue weighted by atomic mass is 10.0. The molecule has 110 valence electrons. The van der Waals surface area contributed by atoms with E-state index in [1.54, 1.807) is 0 Å². The third kappa shape index (κ3) is 3.14. The lowest BCUT2D eigenvalue weighted by Crippen LogP contribution is -2.23. The maximum absolute atomic E-state index is 6.06. The topological polar surface area (TPSA) is 61.0 Å². The smallest absolute Gasteiger partial charge is 0.141 e. The maximum Gasteiger partial charge on any atom is 0.141 e. The molecular formula is C15H22BrN3O. The van der Waals surface area contributed by atoms with Crippen molar-refractivity contribution < 1.29 is 4.74 Å². The molecule has 4 nitrogen and oxygen atoms in total. The van der Waals surface area contributed by atoms with Crippen molar-refractivity contribution in [2.45, 2.75) is 63.4 Å². The highest BCUT2D eigenvalue weighted by molar-refractivity contribution is 9.10. The first kappa shape index (κ1) is 14.3. The zero-order valence-corrected chi connectivity index (χ0v) is 13.4. The molecule has 1 aliphatic carbocycles. The SMILES string of the molecule is Nc1nc(CC2CCCCO2)nc(C2CCCC2)c1Br. The minimum Gasteiger partial charge on any atom is -0.383 e. The Morgan fingerprint density at radius 2 is 1.85 bits per heavy atom. The van der Waals surface area contributed by atoms with Crippen LogP contribution in [0.25, 0.3) is 0 Å². The van der Waals surface area contributed by atoms with Crippen LogP contribution < -0.4 is 5.73 Å². The molecule has 1 atom stereocenters.